The number of ether oxygens (including phenoxy) is 2. The molecule has 2 aromatic rings. The highest BCUT2D eigenvalue weighted by Crippen LogP contribution is 2.30. The molecule has 0 atom stereocenters. The van der Waals surface area contributed by atoms with Gasteiger partial charge in [-0.15, -0.1) is 37.1 Å². The van der Waals surface area contributed by atoms with Crippen LogP contribution in [0.25, 0.3) is 0 Å². The zero-order valence-corrected chi connectivity index (χ0v) is 16.6. The Morgan fingerprint density at radius 1 is 1.19 bits per heavy atom. The molecule has 0 radical (unpaired) electrons. The van der Waals surface area contributed by atoms with Gasteiger partial charge in [-0.1, -0.05) is 29.8 Å². The van der Waals surface area contributed by atoms with E-state index in [0.29, 0.717) is 10.8 Å². The molecule has 0 aliphatic heterocycles. The molecule has 2 aromatic carbocycles. The third-order valence-corrected chi connectivity index (χ3v) is 3.28. The number of hydrogen-bond donors (Lipinski definition) is 2. The second-order valence-corrected chi connectivity index (χ2v) is 5.26. The molecule has 0 bridgehead atoms. The fraction of sp³-hybridized carbons (Fsp3) is 0.188. The lowest BCUT2D eigenvalue weighted by atomic mass is 10.2. The number of nitrogens with two attached hydrogens (primary N) is 1. The molecule has 0 amide bonds. The van der Waals surface area contributed by atoms with Gasteiger partial charge >= 0.3 is 6.36 Å². The van der Waals surface area contributed by atoms with E-state index >= 15 is 0 Å². The van der Waals surface area contributed by atoms with Crippen LogP contribution in [-0.4, -0.2) is 19.4 Å². The molecule has 10 heteroatoms. The Labute approximate surface area is 170 Å². The van der Waals surface area contributed by atoms with E-state index in [-0.39, 0.29) is 42.2 Å². The number of anilines is 1. The lowest BCUT2D eigenvalue weighted by molar-refractivity contribution is -0.274. The lowest BCUT2D eigenvalue weighted by Gasteiger charge is -2.14. The van der Waals surface area contributed by atoms with Gasteiger partial charge in [0.05, 0.1) is 19.3 Å². The van der Waals surface area contributed by atoms with Crippen molar-refractivity contribution in [1.82, 2.24) is 0 Å². The van der Waals surface area contributed by atoms with Crippen molar-refractivity contribution in [2.75, 3.05) is 12.4 Å². The first-order valence-corrected chi connectivity index (χ1v) is 7.40. The molecule has 3 N–H and O–H groups in total. The zero-order valence-electron chi connectivity index (χ0n) is 13.5. The minimum atomic E-state index is -4.81. The molecule has 2 rings (SSSR count). The third kappa shape index (κ3) is 6.79. The predicted octanol–water partition coefficient (Wildman–Crippen LogP) is 4.79. The average Bonchev–Trinajstić information content (AvgIpc) is 2.54. The molecule has 0 fully saturated rings. The van der Waals surface area contributed by atoms with Gasteiger partial charge in [-0.2, -0.15) is 0 Å². The first-order valence-electron chi connectivity index (χ1n) is 7.02. The van der Waals surface area contributed by atoms with Gasteiger partial charge in [-0.25, -0.2) is 4.99 Å². The minimum absolute atomic E-state index is 0. The highest BCUT2D eigenvalue weighted by molar-refractivity contribution is 14.0. The van der Waals surface area contributed by atoms with Gasteiger partial charge < -0.3 is 20.5 Å². The summed E-state index contributed by atoms with van der Waals surface area (Å²) in [5, 5.41) is 3.10. The van der Waals surface area contributed by atoms with E-state index in [1.165, 1.54) is 25.3 Å². The van der Waals surface area contributed by atoms with E-state index in [4.69, 9.17) is 22.1 Å². The molecule has 0 unspecified atom stereocenters. The molecule has 0 spiro atoms. The Morgan fingerprint density at radius 2 is 1.88 bits per heavy atom. The number of alkyl halides is 3. The summed E-state index contributed by atoms with van der Waals surface area (Å²) in [5.41, 5.74) is 6.51. The summed E-state index contributed by atoms with van der Waals surface area (Å²) in [7, 11) is 1.49. The standard InChI is InChI=1S/C16H15ClF3N3O2.HI/c1-24-14-8-11(17)7-6-10(14)9-22-15(21)23-12-4-2-3-5-13(12)25-16(18,19)20;/h2-8H,9H2,1H3,(H3,21,22,23);1H. The fourth-order valence-corrected chi connectivity index (χ4v) is 2.14. The van der Waals surface area contributed by atoms with Crippen molar-refractivity contribution in [3.63, 3.8) is 0 Å². The van der Waals surface area contributed by atoms with Crippen molar-refractivity contribution in [1.29, 1.82) is 0 Å². The van der Waals surface area contributed by atoms with Crippen molar-refractivity contribution < 1.29 is 22.6 Å². The fourth-order valence-electron chi connectivity index (χ4n) is 1.98. The van der Waals surface area contributed by atoms with Gasteiger partial charge in [-0.05, 0) is 24.3 Å². The van der Waals surface area contributed by atoms with Crippen LogP contribution in [-0.2, 0) is 6.54 Å². The van der Waals surface area contributed by atoms with Gasteiger partial charge in [0.25, 0.3) is 0 Å². The zero-order chi connectivity index (χ0) is 18.4. The van der Waals surface area contributed by atoms with Crippen molar-refractivity contribution >= 4 is 47.2 Å². The molecule has 5 nitrogen and oxygen atoms in total. The molecule has 0 aromatic heterocycles. The average molecular weight is 502 g/mol. The number of aliphatic imine (C=N–C) groups is 1. The van der Waals surface area contributed by atoms with E-state index in [1.54, 1.807) is 24.3 Å². The van der Waals surface area contributed by atoms with Crippen LogP contribution in [0.3, 0.4) is 0 Å². The van der Waals surface area contributed by atoms with Crippen LogP contribution in [0.15, 0.2) is 47.5 Å². The van der Waals surface area contributed by atoms with Crippen LogP contribution in [0.5, 0.6) is 11.5 Å². The molecular weight excluding hydrogens is 486 g/mol. The summed E-state index contributed by atoms with van der Waals surface area (Å²) in [4.78, 5) is 4.09. The van der Waals surface area contributed by atoms with Crippen LogP contribution >= 0.6 is 35.6 Å². The van der Waals surface area contributed by atoms with Crippen molar-refractivity contribution in [2.24, 2.45) is 10.7 Å². The molecule has 0 saturated carbocycles. The Balaban J connectivity index is 0.00000338. The first kappa shape index (κ1) is 22.2. The van der Waals surface area contributed by atoms with E-state index in [1.807, 2.05) is 0 Å². The molecule has 26 heavy (non-hydrogen) atoms. The Morgan fingerprint density at radius 3 is 2.54 bits per heavy atom. The van der Waals surface area contributed by atoms with Crippen LogP contribution < -0.4 is 20.5 Å². The summed E-state index contributed by atoms with van der Waals surface area (Å²) in [6.45, 7) is 0.154. The predicted molar refractivity (Wildman–Crippen MR) is 105 cm³/mol. The number of hydrogen-bond acceptors (Lipinski definition) is 3. The molecule has 0 heterocycles. The SMILES string of the molecule is COc1cc(Cl)ccc1CN=C(N)Nc1ccccc1OC(F)(F)F.I. The van der Waals surface area contributed by atoms with Gasteiger partial charge in [0.15, 0.2) is 11.7 Å². The summed E-state index contributed by atoms with van der Waals surface area (Å²) < 4.78 is 46.4. The summed E-state index contributed by atoms with van der Waals surface area (Å²) in [6, 6.07) is 10.5. The maximum Gasteiger partial charge on any atom is 0.573 e. The number of rotatable bonds is 5. The van der Waals surface area contributed by atoms with Crippen LogP contribution in [0.4, 0.5) is 18.9 Å². The molecule has 0 aliphatic carbocycles. The number of nitrogens with one attached hydrogen (secondary N) is 1. The monoisotopic (exact) mass is 501 g/mol. The Bertz CT molecular complexity index is 773. The summed E-state index contributed by atoms with van der Waals surface area (Å²) in [5.74, 6) is 0.0531. The summed E-state index contributed by atoms with van der Waals surface area (Å²) in [6.07, 6.45) is -4.81. The molecule has 142 valence electrons. The third-order valence-electron chi connectivity index (χ3n) is 3.04. The topological polar surface area (TPSA) is 68.9 Å². The number of nitrogens with zero attached hydrogens (tertiary/aromatic N) is 1. The van der Waals surface area contributed by atoms with Crippen LogP contribution in [0.1, 0.15) is 5.56 Å². The largest absolute Gasteiger partial charge is 0.573 e. The number of benzene rings is 2. The number of guanidine groups is 1. The van der Waals surface area contributed by atoms with E-state index < -0.39 is 12.1 Å². The van der Waals surface area contributed by atoms with E-state index in [2.05, 4.69) is 15.0 Å². The van der Waals surface area contributed by atoms with E-state index in [0.717, 1.165) is 5.56 Å². The van der Waals surface area contributed by atoms with Crippen LogP contribution in [0, 0.1) is 0 Å². The highest BCUT2D eigenvalue weighted by Gasteiger charge is 2.32. The van der Waals surface area contributed by atoms with Gasteiger partial charge in [0, 0.05) is 10.6 Å². The summed E-state index contributed by atoms with van der Waals surface area (Å²) >= 11 is 5.88. The molecule has 0 saturated heterocycles. The van der Waals surface area contributed by atoms with Crippen molar-refractivity contribution in [3.05, 3.63) is 53.1 Å². The van der Waals surface area contributed by atoms with Gasteiger partial charge in [0.2, 0.25) is 0 Å². The quantitative estimate of drug-likeness (QED) is 0.351. The van der Waals surface area contributed by atoms with Crippen molar-refractivity contribution in [2.45, 2.75) is 12.9 Å². The Kier molecular flexibility index (Phi) is 8.28. The second kappa shape index (κ2) is 9.72. The minimum Gasteiger partial charge on any atom is -0.496 e. The highest BCUT2D eigenvalue weighted by atomic mass is 127. The molecule has 0 aliphatic rings. The van der Waals surface area contributed by atoms with Gasteiger partial charge in [-0.3, -0.25) is 0 Å². The van der Waals surface area contributed by atoms with E-state index in [9.17, 15) is 13.2 Å². The second-order valence-electron chi connectivity index (χ2n) is 4.83. The normalized spacial score (nSPS) is 11.5. The lowest BCUT2D eigenvalue weighted by Crippen LogP contribution is -2.24. The van der Waals surface area contributed by atoms with Crippen LogP contribution in [0.2, 0.25) is 5.02 Å². The first-order chi connectivity index (χ1) is 11.8. The maximum atomic E-state index is 12.4. The van der Waals surface area contributed by atoms with Gasteiger partial charge in [0.1, 0.15) is 5.75 Å². The number of halogens is 5. The smallest absolute Gasteiger partial charge is 0.496 e. The maximum absolute atomic E-state index is 12.4. The number of methoxy groups -OCH3 is 1. The molecular formula is C16H16ClF3IN3O2. The van der Waals surface area contributed by atoms with Crippen molar-refractivity contribution in [3.8, 4) is 11.5 Å². The Hall–Kier alpha value is -1.88. The number of para-hydroxylation sites is 2.